The summed E-state index contributed by atoms with van der Waals surface area (Å²) in [5.74, 6) is -1.24. The number of rotatable bonds is 5. The zero-order chi connectivity index (χ0) is 22.8. The van der Waals surface area contributed by atoms with Crippen LogP contribution in [-0.4, -0.2) is 51.4 Å². The lowest BCUT2D eigenvalue weighted by Crippen LogP contribution is -2.48. The molecule has 4 aromatic rings. The molecule has 0 aliphatic carbocycles. The van der Waals surface area contributed by atoms with E-state index < -0.39 is 11.6 Å². The molecule has 0 spiro atoms. The predicted octanol–water partition coefficient (Wildman–Crippen LogP) is 4.32. The van der Waals surface area contributed by atoms with Crippen LogP contribution in [0.5, 0.6) is 0 Å². The number of amides is 1. The van der Waals surface area contributed by atoms with E-state index in [0.29, 0.717) is 32.7 Å². The van der Waals surface area contributed by atoms with Crippen LogP contribution in [0.1, 0.15) is 21.7 Å². The Hall–Kier alpha value is -3.58. The van der Waals surface area contributed by atoms with E-state index >= 15 is 0 Å². The number of piperazine rings is 1. The highest BCUT2D eigenvalue weighted by Gasteiger charge is 2.24. The van der Waals surface area contributed by atoms with Crippen LogP contribution in [0.15, 0.2) is 72.8 Å². The summed E-state index contributed by atoms with van der Waals surface area (Å²) in [5, 5.41) is 0. The third-order valence-corrected chi connectivity index (χ3v) is 6.11. The fraction of sp³-hybridized carbons (Fsp3) is 0.231. The minimum Gasteiger partial charge on any atom is -0.336 e. The second-order valence-corrected chi connectivity index (χ2v) is 8.29. The molecule has 0 atom stereocenters. The molecule has 7 heteroatoms. The summed E-state index contributed by atoms with van der Waals surface area (Å²) < 4.78 is 29.0. The van der Waals surface area contributed by atoms with Gasteiger partial charge in [-0.1, -0.05) is 42.5 Å². The molecule has 0 saturated carbocycles. The molecule has 3 aromatic carbocycles. The zero-order valence-corrected chi connectivity index (χ0v) is 18.1. The van der Waals surface area contributed by atoms with Gasteiger partial charge < -0.3 is 9.47 Å². The van der Waals surface area contributed by atoms with Crippen molar-refractivity contribution in [1.29, 1.82) is 0 Å². The van der Waals surface area contributed by atoms with E-state index in [1.54, 1.807) is 4.90 Å². The molecule has 168 valence electrons. The van der Waals surface area contributed by atoms with Gasteiger partial charge in [-0.15, -0.1) is 0 Å². The van der Waals surface area contributed by atoms with Crippen LogP contribution in [0.3, 0.4) is 0 Å². The first kappa shape index (κ1) is 21.3. The van der Waals surface area contributed by atoms with Gasteiger partial charge in [0.2, 0.25) is 0 Å². The normalized spacial score (nSPS) is 14.7. The number of aromatic nitrogens is 2. The smallest absolute Gasteiger partial charge is 0.254 e. The van der Waals surface area contributed by atoms with Gasteiger partial charge in [0.15, 0.2) is 11.6 Å². The molecule has 5 rings (SSSR count). The van der Waals surface area contributed by atoms with Gasteiger partial charge in [-0.2, -0.15) is 0 Å². The van der Waals surface area contributed by atoms with Gasteiger partial charge in [-0.3, -0.25) is 9.69 Å². The second-order valence-electron chi connectivity index (χ2n) is 8.29. The number of fused-ring (bicyclic) bond motifs is 1. The highest BCUT2D eigenvalue weighted by Crippen LogP contribution is 2.20. The van der Waals surface area contributed by atoms with Gasteiger partial charge in [-0.05, 0) is 35.9 Å². The molecule has 1 saturated heterocycles. The standard InChI is InChI=1S/C26H24F2N4O/c27-21-11-10-20(16-22(21)28)26(33)31-14-12-30(13-15-31)18-25-29-23-8-4-5-9-24(23)32(25)17-19-6-2-1-3-7-19/h1-11,16H,12-15,17-18H2. The lowest BCUT2D eigenvalue weighted by atomic mass is 10.1. The summed E-state index contributed by atoms with van der Waals surface area (Å²) in [6, 6.07) is 21.7. The van der Waals surface area contributed by atoms with Crippen molar-refractivity contribution >= 4 is 16.9 Å². The number of para-hydroxylation sites is 2. The van der Waals surface area contributed by atoms with Gasteiger partial charge >= 0.3 is 0 Å². The van der Waals surface area contributed by atoms with Crippen LogP contribution in [0.25, 0.3) is 11.0 Å². The number of halogens is 2. The van der Waals surface area contributed by atoms with E-state index in [1.165, 1.54) is 11.6 Å². The molecule has 33 heavy (non-hydrogen) atoms. The SMILES string of the molecule is O=C(c1ccc(F)c(F)c1)N1CCN(Cc2nc3ccccc3n2Cc2ccccc2)CC1. The van der Waals surface area contributed by atoms with Crippen LogP contribution in [0.2, 0.25) is 0 Å². The van der Waals surface area contributed by atoms with Gasteiger partial charge in [0.1, 0.15) is 5.82 Å². The minimum absolute atomic E-state index is 0.173. The maximum absolute atomic E-state index is 13.5. The number of imidazole rings is 1. The molecule has 0 radical (unpaired) electrons. The van der Waals surface area contributed by atoms with Crippen LogP contribution >= 0.6 is 0 Å². The van der Waals surface area contributed by atoms with E-state index in [9.17, 15) is 13.6 Å². The Kier molecular flexibility index (Phi) is 5.88. The number of carbonyl (C=O) groups is 1. The van der Waals surface area contributed by atoms with Crippen LogP contribution < -0.4 is 0 Å². The summed E-state index contributed by atoms with van der Waals surface area (Å²) in [6.07, 6.45) is 0. The Labute approximate surface area is 190 Å². The highest BCUT2D eigenvalue weighted by atomic mass is 19.2. The second kappa shape index (κ2) is 9.11. The van der Waals surface area contributed by atoms with E-state index in [0.717, 1.165) is 35.5 Å². The van der Waals surface area contributed by atoms with Gasteiger partial charge in [0.05, 0.1) is 17.6 Å². The summed E-state index contributed by atoms with van der Waals surface area (Å²) in [7, 11) is 0. The molecule has 5 nitrogen and oxygen atoms in total. The summed E-state index contributed by atoms with van der Waals surface area (Å²) in [5.41, 5.74) is 3.45. The molecule has 0 unspecified atom stereocenters. The monoisotopic (exact) mass is 446 g/mol. The van der Waals surface area contributed by atoms with Gasteiger partial charge in [0.25, 0.3) is 5.91 Å². The average Bonchev–Trinajstić information content (AvgIpc) is 3.18. The third kappa shape index (κ3) is 4.50. The maximum atomic E-state index is 13.5. The number of nitrogens with zero attached hydrogens (tertiary/aromatic N) is 4. The molecule has 1 aliphatic rings. The van der Waals surface area contributed by atoms with Crippen molar-refractivity contribution in [2.75, 3.05) is 26.2 Å². The van der Waals surface area contributed by atoms with E-state index in [-0.39, 0.29) is 11.5 Å². The first-order chi connectivity index (χ1) is 16.1. The Morgan fingerprint density at radius 3 is 2.30 bits per heavy atom. The number of benzene rings is 3. The van der Waals surface area contributed by atoms with Crippen molar-refractivity contribution in [3.8, 4) is 0 Å². The number of carbonyl (C=O) groups excluding carboxylic acids is 1. The van der Waals surface area contributed by atoms with Crippen molar-refractivity contribution < 1.29 is 13.6 Å². The van der Waals surface area contributed by atoms with Crippen LogP contribution in [0.4, 0.5) is 8.78 Å². The van der Waals surface area contributed by atoms with E-state index in [4.69, 9.17) is 4.98 Å². The lowest BCUT2D eigenvalue weighted by Gasteiger charge is -2.34. The molecule has 1 aromatic heterocycles. The highest BCUT2D eigenvalue weighted by molar-refractivity contribution is 5.94. The topological polar surface area (TPSA) is 41.4 Å². The Bertz CT molecular complexity index is 1280. The van der Waals surface area contributed by atoms with Crippen LogP contribution in [-0.2, 0) is 13.1 Å². The Morgan fingerprint density at radius 2 is 1.55 bits per heavy atom. The molecular formula is C26H24F2N4O. The fourth-order valence-electron chi connectivity index (χ4n) is 4.31. The van der Waals surface area contributed by atoms with Crippen molar-refractivity contribution in [3.05, 3.63) is 101 Å². The molecule has 0 N–H and O–H groups in total. The molecule has 1 amide bonds. The predicted molar refractivity (Wildman–Crippen MR) is 123 cm³/mol. The maximum Gasteiger partial charge on any atom is 0.254 e. The zero-order valence-electron chi connectivity index (χ0n) is 18.1. The summed E-state index contributed by atoms with van der Waals surface area (Å²) in [6.45, 7) is 3.83. The average molecular weight is 447 g/mol. The number of hydrogen-bond donors (Lipinski definition) is 0. The minimum atomic E-state index is -1.00. The van der Waals surface area contributed by atoms with Crippen molar-refractivity contribution in [1.82, 2.24) is 19.4 Å². The fourth-order valence-corrected chi connectivity index (χ4v) is 4.31. The van der Waals surface area contributed by atoms with E-state index in [2.05, 4.69) is 27.7 Å². The van der Waals surface area contributed by atoms with E-state index in [1.807, 2.05) is 36.4 Å². The number of hydrogen-bond acceptors (Lipinski definition) is 3. The quantitative estimate of drug-likeness (QED) is 0.459. The summed E-state index contributed by atoms with van der Waals surface area (Å²) in [4.78, 5) is 21.6. The largest absolute Gasteiger partial charge is 0.336 e. The lowest BCUT2D eigenvalue weighted by molar-refractivity contribution is 0.0623. The van der Waals surface area contributed by atoms with Crippen molar-refractivity contribution in [2.24, 2.45) is 0 Å². The molecular weight excluding hydrogens is 422 g/mol. The summed E-state index contributed by atoms with van der Waals surface area (Å²) >= 11 is 0. The first-order valence-electron chi connectivity index (χ1n) is 11.0. The van der Waals surface area contributed by atoms with Gasteiger partial charge in [-0.25, -0.2) is 13.8 Å². The molecule has 1 aliphatic heterocycles. The van der Waals surface area contributed by atoms with Gasteiger partial charge in [0, 0.05) is 38.3 Å². The third-order valence-electron chi connectivity index (χ3n) is 6.11. The molecule has 1 fully saturated rings. The van der Waals surface area contributed by atoms with Crippen LogP contribution in [0, 0.1) is 11.6 Å². The Balaban J connectivity index is 1.29. The molecule has 0 bridgehead atoms. The van der Waals surface area contributed by atoms with Crippen molar-refractivity contribution in [3.63, 3.8) is 0 Å². The Morgan fingerprint density at radius 1 is 0.818 bits per heavy atom. The molecule has 2 heterocycles. The van der Waals surface area contributed by atoms with Crippen molar-refractivity contribution in [2.45, 2.75) is 13.1 Å². The first-order valence-corrected chi connectivity index (χ1v) is 11.0.